The lowest BCUT2D eigenvalue weighted by molar-refractivity contribution is 0.230. The van der Waals surface area contributed by atoms with Crippen LogP contribution in [0.2, 0.25) is 0 Å². The Hall–Kier alpha value is -3.38. The molecule has 0 fully saturated rings. The topological polar surface area (TPSA) is 93.1 Å². The summed E-state index contributed by atoms with van der Waals surface area (Å²) in [5.41, 5.74) is 3.25. The SMILES string of the molecule is CCOP(=O)(OCC)c1ccc2[nH]c(O)c(C(=Nc3ccc(OC)cc3)c3ccccc3)c2c1. The Balaban J connectivity index is 1.93. The Morgan fingerprint density at radius 2 is 1.65 bits per heavy atom. The molecular weight excluding hydrogens is 451 g/mol. The fourth-order valence-electron chi connectivity index (χ4n) is 3.75. The van der Waals surface area contributed by atoms with Crippen molar-refractivity contribution in [1.82, 2.24) is 4.98 Å². The van der Waals surface area contributed by atoms with Gasteiger partial charge in [-0.2, -0.15) is 0 Å². The molecule has 176 valence electrons. The number of ether oxygens (including phenoxy) is 1. The van der Waals surface area contributed by atoms with Gasteiger partial charge in [0.05, 0.1) is 42.6 Å². The number of aromatic nitrogens is 1. The number of nitrogens with one attached hydrogen (secondary N) is 1. The van der Waals surface area contributed by atoms with Crippen LogP contribution in [0.5, 0.6) is 11.6 Å². The molecule has 0 amide bonds. The van der Waals surface area contributed by atoms with Crippen LogP contribution in [0.1, 0.15) is 25.0 Å². The smallest absolute Gasteiger partial charge is 0.361 e. The highest BCUT2D eigenvalue weighted by Gasteiger charge is 2.28. The minimum Gasteiger partial charge on any atom is -0.497 e. The van der Waals surface area contributed by atoms with Gasteiger partial charge in [0, 0.05) is 16.5 Å². The third kappa shape index (κ3) is 4.77. The predicted octanol–water partition coefficient (Wildman–Crippen LogP) is 5.94. The second kappa shape index (κ2) is 10.3. The van der Waals surface area contributed by atoms with Crippen molar-refractivity contribution in [2.75, 3.05) is 20.3 Å². The van der Waals surface area contributed by atoms with Gasteiger partial charge in [0.25, 0.3) is 0 Å². The quantitative estimate of drug-likeness (QED) is 0.229. The highest BCUT2D eigenvalue weighted by Crippen LogP contribution is 2.47. The minimum atomic E-state index is -3.51. The van der Waals surface area contributed by atoms with Crippen molar-refractivity contribution in [3.8, 4) is 11.6 Å². The third-order valence-electron chi connectivity index (χ3n) is 5.27. The Morgan fingerprint density at radius 3 is 2.26 bits per heavy atom. The number of aromatic amines is 1. The molecule has 8 heteroatoms. The number of nitrogens with zero attached hydrogens (tertiary/aromatic N) is 1. The van der Waals surface area contributed by atoms with E-state index < -0.39 is 7.60 Å². The van der Waals surface area contributed by atoms with Crippen molar-refractivity contribution in [1.29, 1.82) is 0 Å². The summed E-state index contributed by atoms with van der Waals surface area (Å²) in [6, 6.07) is 22.1. The highest BCUT2D eigenvalue weighted by atomic mass is 31.2. The van der Waals surface area contributed by atoms with Crippen LogP contribution < -0.4 is 10.0 Å². The van der Waals surface area contributed by atoms with E-state index in [4.69, 9.17) is 18.8 Å². The molecule has 0 atom stereocenters. The molecule has 0 saturated heterocycles. The van der Waals surface area contributed by atoms with Gasteiger partial charge < -0.3 is 23.9 Å². The summed E-state index contributed by atoms with van der Waals surface area (Å²) in [6.07, 6.45) is 0. The van der Waals surface area contributed by atoms with Crippen molar-refractivity contribution in [3.63, 3.8) is 0 Å². The number of fused-ring (bicyclic) bond motifs is 1. The van der Waals surface area contributed by atoms with E-state index in [1.54, 1.807) is 39.2 Å². The number of benzene rings is 3. The van der Waals surface area contributed by atoms with Crippen molar-refractivity contribution >= 4 is 35.2 Å². The average Bonchev–Trinajstić information content (AvgIpc) is 3.18. The van der Waals surface area contributed by atoms with Crippen LogP contribution in [0.3, 0.4) is 0 Å². The van der Waals surface area contributed by atoms with Crippen LogP contribution in [-0.2, 0) is 13.6 Å². The molecule has 0 bridgehead atoms. The van der Waals surface area contributed by atoms with E-state index in [2.05, 4.69) is 4.98 Å². The summed E-state index contributed by atoms with van der Waals surface area (Å²) >= 11 is 0. The third-order valence-corrected chi connectivity index (χ3v) is 7.38. The Kier molecular flexibility index (Phi) is 7.17. The van der Waals surface area contributed by atoms with Crippen LogP contribution in [-0.4, -0.2) is 36.1 Å². The van der Waals surface area contributed by atoms with Gasteiger partial charge in [0.2, 0.25) is 0 Å². The molecule has 0 saturated carbocycles. The zero-order chi connectivity index (χ0) is 24.1. The molecule has 4 aromatic rings. The predicted molar refractivity (Wildman–Crippen MR) is 135 cm³/mol. The van der Waals surface area contributed by atoms with Crippen molar-refractivity contribution in [3.05, 3.63) is 83.9 Å². The van der Waals surface area contributed by atoms with E-state index in [1.165, 1.54) is 0 Å². The molecule has 3 aromatic carbocycles. The zero-order valence-corrected chi connectivity index (χ0v) is 20.2. The Labute approximate surface area is 198 Å². The number of hydrogen-bond donors (Lipinski definition) is 2. The van der Waals surface area contributed by atoms with Gasteiger partial charge in [-0.15, -0.1) is 0 Å². The van der Waals surface area contributed by atoms with Crippen LogP contribution in [0.15, 0.2) is 77.8 Å². The molecule has 34 heavy (non-hydrogen) atoms. The molecule has 0 spiro atoms. The van der Waals surface area contributed by atoms with Crippen molar-refractivity contribution in [2.45, 2.75) is 13.8 Å². The van der Waals surface area contributed by atoms with E-state index in [9.17, 15) is 9.67 Å². The van der Waals surface area contributed by atoms with Gasteiger partial charge in [-0.1, -0.05) is 30.3 Å². The summed E-state index contributed by atoms with van der Waals surface area (Å²) < 4.78 is 29.7. The van der Waals surface area contributed by atoms with Gasteiger partial charge >= 0.3 is 7.60 Å². The lowest BCUT2D eigenvalue weighted by Gasteiger charge is -2.17. The Bertz CT molecular complexity index is 1340. The number of aliphatic imine (C=N–C) groups is 1. The second-order valence-corrected chi connectivity index (χ2v) is 9.46. The first-order valence-electron chi connectivity index (χ1n) is 11.0. The number of aromatic hydroxyl groups is 1. The second-order valence-electron chi connectivity index (χ2n) is 7.44. The van der Waals surface area contributed by atoms with Crippen molar-refractivity contribution in [2.24, 2.45) is 4.99 Å². The fraction of sp³-hybridized carbons (Fsp3) is 0.192. The number of rotatable bonds is 9. The molecule has 7 nitrogen and oxygen atoms in total. The highest BCUT2D eigenvalue weighted by molar-refractivity contribution is 7.62. The molecular formula is C26H27N2O5P. The summed E-state index contributed by atoms with van der Waals surface area (Å²) in [5, 5.41) is 12.0. The molecule has 0 aliphatic rings. The fourth-order valence-corrected chi connectivity index (χ4v) is 5.35. The molecule has 2 N–H and O–H groups in total. The molecule has 0 unspecified atom stereocenters. The zero-order valence-electron chi connectivity index (χ0n) is 19.3. The van der Waals surface area contributed by atoms with Crippen LogP contribution >= 0.6 is 7.60 Å². The van der Waals surface area contributed by atoms with Crippen LogP contribution in [0.25, 0.3) is 10.9 Å². The molecule has 1 aromatic heterocycles. The molecule has 4 rings (SSSR count). The maximum Gasteiger partial charge on any atom is 0.361 e. The number of H-pyrrole nitrogens is 1. The Morgan fingerprint density at radius 1 is 0.971 bits per heavy atom. The number of methoxy groups -OCH3 is 1. The van der Waals surface area contributed by atoms with Gasteiger partial charge in [-0.25, -0.2) is 4.99 Å². The van der Waals surface area contributed by atoms with E-state index in [1.807, 2.05) is 54.6 Å². The minimum absolute atomic E-state index is 0.0362. The molecule has 0 aliphatic carbocycles. The van der Waals surface area contributed by atoms with Gasteiger partial charge in [0.15, 0.2) is 5.88 Å². The average molecular weight is 478 g/mol. The summed E-state index contributed by atoms with van der Waals surface area (Å²) in [4.78, 5) is 7.88. The van der Waals surface area contributed by atoms with Crippen molar-refractivity contribution < 1.29 is 23.5 Å². The molecule has 0 aliphatic heterocycles. The molecule has 1 heterocycles. The van der Waals surface area contributed by atoms with Gasteiger partial charge in [-0.05, 0) is 56.3 Å². The monoisotopic (exact) mass is 478 g/mol. The maximum atomic E-state index is 13.4. The van der Waals surface area contributed by atoms with E-state index in [-0.39, 0.29) is 19.1 Å². The number of hydrogen-bond acceptors (Lipinski definition) is 6. The van der Waals surface area contributed by atoms with Gasteiger partial charge in [-0.3, -0.25) is 4.57 Å². The first kappa shape index (κ1) is 23.8. The van der Waals surface area contributed by atoms with E-state index in [0.717, 1.165) is 11.3 Å². The summed E-state index contributed by atoms with van der Waals surface area (Å²) in [5.74, 6) is 0.688. The lowest BCUT2D eigenvalue weighted by Crippen LogP contribution is -2.11. The lowest BCUT2D eigenvalue weighted by atomic mass is 10.0. The first-order chi connectivity index (χ1) is 16.5. The largest absolute Gasteiger partial charge is 0.497 e. The van der Waals surface area contributed by atoms with Crippen LogP contribution in [0.4, 0.5) is 5.69 Å². The summed E-state index contributed by atoms with van der Waals surface area (Å²) in [7, 11) is -1.90. The standard InChI is InChI=1S/C26H27N2O5P/c1-4-32-34(30,33-5-2)21-15-16-23-22(17-21)24(26(29)28-23)25(18-9-7-6-8-10-18)27-19-11-13-20(31-3)14-12-19/h6-17,28-29H,4-5H2,1-3H3. The summed E-state index contributed by atoms with van der Waals surface area (Å²) in [6.45, 7) is 4.03. The van der Waals surface area contributed by atoms with Gasteiger partial charge in [0.1, 0.15) is 5.75 Å². The van der Waals surface area contributed by atoms with E-state index in [0.29, 0.717) is 33.2 Å². The van der Waals surface area contributed by atoms with Crippen LogP contribution in [0, 0.1) is 0 Å². The maximum absolute atomic E-state index is 13.4. The normalized spacial score (nSPS) is 12.3. The molecule has 0 radical (unpaired) electrons. The van der Waals surface area contributed by atoms with E-state index >= 15 is 0 Å². The first-order valence-corrected chi connectivity index (χ1v) is 12.6.